The van der Waals surface area contributed by atoms with Crippen LogP contribution in [0.25, 0.3) is 22.3 Å². The molecule has 12 nitrogen and oxygen atoms in total. The standard InChI is InChI=1S/C67H80O6.C47H48O6/c1-40-29-62(70)54(45-17-9-5-10-18-45)35-50(40)36-59-61(69)28-26-49(66(59)51-37-55(63(71)30-41(51)2)46-19-11-6-12-20-46)33-44-25-27-60(68)58(34-44)67(52-38-56(64(72)31-42(52)3)47-21-13-7-14-22-47)53-39-57(65(73)32-43(53)4)48-23-15-8-16-24-48;1-24-17-42(50)28(5)13-34(24)23-39-41(49)12-10-33(46(39)35-14-29(6)43(51)18-25(35)2)21-32-9-11-40(48)38(22-32)47(36-15-30(7)44(52)19-26(36)3)37-16-31(8)45(53)20-27(37)4/h25-32,34-35,37-39,45-48,67-73H,5-24,33,36H2,1-4H3;9-20,22,47-53H,21,23H2,1-8H3. The van der Waals surface area contributed by atoms with Crippen LogP contribution in [0.1, 0.15) is 331 Å². The van der Waals surface area contributed by atoms with Crippen LogP contribution in [0, 0.1) is 83.1 Å². The molecule has 16 rings (SSSR count). The van der Waals surface area contributed by atoms with Crippen LogP contribution in [-0.4, -0.2) is 61.3 Å². The molecule has 126 heavy (non-hydrogen) atoms. The van der Waals surface area contributed by atoms with Crippen molar-refractivity contribution in [2.75, 3.05) is 0 Å². The lowest BCUT2D eigenvalue weighted by Gasteiger charge is -2.29. The second-order valence-electron chi connectivity index (χ2n) is 38.0. The van der Waals surface area contributed by atoms with Crippen LogP contribution in [0.5, 0.6) is 69.0 Å². The third kappa shape index (κ3) is 18.7. The van der Waals surface area contributed by atoms with Crippen molar-refractivity contribution in [3.05, 3.63) is 325 Å². The van der Waals surface area contributed by atoms with E-state index in [0.717, 1.165) is 286 Å². The molecule has 0 spiro atoms. The number of aromatic hydroxyl groups is 12. The van der Waals surface area contributed by atoms with Crippen LogP contribution in [0.2, 0.25) is 0 Å². The van der Waals surface area contributed by atoms with Gasteiger partial charge in [-0.1, -0.05) is 150 Å². The Balaban J connectivity index is 0.000000205. The minimum Gasteiger partial charge on any atom is -0.508 e. The molecule has 4 saturated carbocycles. The summed E-state index contributed by atoms with van der Waals surface area (Å²) in [6.07, 6.45) is 24.3. The maximum atomic E-state index is 12.3. The normalized spacial score (nSPS) is 15.0. The van der Waals surface area contributed by atoms with Gasteiger partial charge >= 0.3 is 0 Å². The van der Waals surface area contributed by atoms with Crippen molar-refractivity contribution in [2.24, 2.45) is 0 Å². The molecule has 4 aliphatic carbocycles. The third-order valence-corrected chi connectivity index (χ3v) is 29.1. The van der Waals surface area contributed by atoms with E-state index in [-0.39, 0.29) is 63.7 Å². The van der Waals surface area contributed by atoms with E-state index < -0.39 is 11.8 Å². The van der Waals surface area contributed by atoms with Crippen molar-refractivity contribution in [2.45, 2.75) is 273 Å². The van der Waals surface area contributed by atoms with Crippen molar-refractivity contribution in [1.82, 2.24) is 0 Å². The summed E-state index contributed by atoms with van der Waals surface area (Å²) in [6.45, 7) is 23.5. The summed E-state index contributed by atoms with van der Waals surface area (Å²) >= 11 is 0. The average Bonchev–Trinajstić information content (AvgIpc) is 0.758. The van der Waals surface area contributed by atoms with E-state index in [0.29, 0.717) is 60.2 Å². The monoisotopic (exact) mass is 1690 g/mol. The number of hydrogen-bond donors (Lipinski definition) is 12. The fourth-order valence-electron chi connectivity index (χ4n) is 21.8. The molecule has 0 unspecified atom stereocenters. The summed E-state index contributed by atoms with van der Waals surface area (Å²) in [4.78, 5) is 0. The van der Waals surface area contributed by atoms with E-state index >= 15 is 0 Å². The molecule has 0 amide bonds. The number of phenols is 12. The number of phenolic OH excluding ortho intramolecular Hbond substituents is 12. The maximum Gasteiger partial charge on any atom is 0.119 e. The summed E-state index contributed by atoms with van der Waals surface area (Å²) in [5.41, 5.74) is 31.0. The van der Waals surface area contributed by atoms with Crippen LogP contribution in [0.3, 0.4) is 0 Å². The van der Waals surface area contributed by atoms with Gasteiger partial charge in [-0.2, -0.15) is 0 Å². The molecule has 4 fully saturated rings. The average molecular weight is 1690 g/mol. The Kier molecular flexibility index (Phi) is 26.7. The minimum atomic E-state index is -0.411. The summed E-state index contributed by atoms with van der Waals surface area (Å²) in [7, 11) is 0. The van der Waals surface area contributed by atoms with E-state index in [1.54, 1.807) is 36.4 Å². The van der Waals surface area contributed by atoms with E-state index in [1.807, 2.05) is 140 Å². The largest absolute Gasteiger partial charge is 0.508 e. The first-order valence-corrected chi connectivity index (χ1v) is 46.2. The van der Waals surface area contributed by atoms with Gasteiger partial charge in [0, 0.05) is 46.9 Å². The first-order chi connectivity index (χ1) is 60.4. The van der Waals surface area contributed by atoms with Crippen molar-refractivity contribution in [3.8, 4) is 91.2 Å². The highest BCUT2D eigenvalue weighted by Gasteiger charge is 2.34. The van der Waals surface area contributed by atoms with Gasteiger partial charge in [0.25, 0.3) is 0 Å². The van der Waals surface area contributed by atoms with E-state index in [1.165, 1.54) is 25.7 Å². The van der Waals surface area contributed by atoms with Gasteiger partial charge in [0.2, 0.25) is 0 Å². The second kappa shape index (κ2) is 37.8. The lowest BCUT2D eigenvalue weighted by Crippen LogP contribution is -2.13. The maximum absolute atomic E-state index is 12.3. The third-order valence-electron chi connectivity index (χ3n) is 29.1. The van der Waals surface area contributed by atoms with Crippen LogP contribution in [-0.2, 0) is 25.7 Å². The first-order valence-electron chi connectivity index (χ1n) is 46.2. The summed E-state index contributed by atoms with van der Waals surface area (Å²) in [5.74, 6) is 3.21. The van der Waals surface area contributed by atoms with Crippen molar-refractivity contribution in [3.63, 3.8) is 0 Å². The molecule has 0 bridgehead atoms. The number of rotatable bonds is 20. The molecule has 0 radical (unpaired) electrons. The molecular weight excluding hydrogens is 1560 g/mol. The quantitative estimate of drug-likeness (QED) is 0.0319. The molecule has 0 saturated heterocycles. The van der Waals surface area contributed by atoms with Gasteiger partial charge in [-0.15, -0.1) is 0 Å². The molecule has 0 atom stereocenters. The number of benzene rings is 12. The predicted molar refractivity (Wildman–Crippen MR) is 509 cm³/mol. The second-order valence-corrected chi connectivity index (χ2v) is 38.0. The van der Waals surface area contributed by atoms with Crippen LogP contribution in [0.15, 0.2) is 158 Å². The van der Waals surface area contributed by atoms with Crippen LogP contribution < -0.4 is 0 Å². The zero-order chi connectivity index (χ0) is 89.4. The lowest BCUT2D eigenvalue weighted by atomic mass is 9.75. The first kappa shape index (κ1) is 89.1. The Labute approximate surface area is 745 Å². The summed E-state index contributed by atoms with van der Waals surface area (Å²) in [6, 6.07) is 50.8. The molecule has 12 aromatic rings. The van der Waals surface area contributed by atoms with Crippen LogP contribution >= 0.6 is 0 Å². The molecule has 12 N–H and O–H groups in total. The highest BCUT2D eigenvalue weighted by molar-refractivity contribution is 5.81. The highest BCUT2D eigenvalue weighted by atomic mass is 16.3. The Morgan fingerprint density at radius 3 is 0.865 bits per heavy atom. The topological polar surface area (TPSA) is 243 Å². The van der Waals surface area contributed by atoms with E-state index in [4.69, 9.17) is 0 Å². The van der Waals surface area contributed by atoms with Gasteiger partial charge < -0.3 is 61.3 Å². The Bertz CT molecular complexity index is 5960. The molecular formula is C114H128O12. The van der Waals surface area contributed by atoms with E-state index in [9.17, 15) is 61.3 Å². The fourth-order valence-corrected chi connectivity index (χ4v) is 21.8. The Morgan fingerprint density at radius 2 is 0.484 bits per heavy atom. The van der Waals surface area contributed by atoms with Gasteiger partial charge in [0.1, 0.15) is 69.0 Å². The minimum absolute atomic E-state index is 0.129. The van der Waals surface area contributed by atoms with Crippen molar-refractivity contribution < 1.29 is 61.3 Å². The summed E-state index contributed by atoms with van der Waals surface area (Å²) < 4.78 is 0. The fraction of sp³-hybridized carbons (Fsp3) is 0.368. The molecule has 0 heterocycles. The van der Waals surface area contributed by atoms with Crippen molar-refractivity contribution in [1.29, 1.82) is 0 Å². The zero-order valence-electron chi connectivity index (χ0n) is 75.8. The van der Waals surface area contributed by atoms with Gasteiger partial charge in [0.15, 0.2) is 0 Å². The molecule has 656 valence electrons. The molecule has 0 aliphatic heterocycles. The highest BCUT2D eigenvalue weighted by Crippen LogP contribution is 2.53. The van der Waals surface area contributed by atoms with E-state index in [2.05, 4.69) is 64.1 Å². The van der Waals surface area contributed by atoms with Crippen LogP contribution in [0.4, 0.5) is 0 Å². The Morgan fingerprint density at radius 1 is 0.206 bits per heavy atom. The SMILES string of the molecule is Cc1cc(Cc2c(O)ccc(Cc3ccc(O)c(C(c4cc(C)c(O)cc4C)c4cc(C)c(O)cc4C)c3)c2-c2cc(C)c(O)cc2C)c(C)cc1O.Cc1cc(O)c(C2CCCCC2)cc1Cc1c(O)ccc(Cc2ccc(O)c(C(c3cc(C4CCCCC4)c(O)cc3C)c3cc(C4CCCCC4)c(O)cc3C)c2)c1-c1cc(C2CCCCC2)c(O)cc1C. The molecule has 12 aromatic carbocycles. The Hall–Kier alpha value is -11.8. The molecule has 4 aliphatic rings. The van der Waals surface area contributed by atoms with Gasteiger partial charge in [-0.05, 0) is 423 Å². The van der Waals surface area contributed by atoms with Gasteiger partial charge in [0.05, 0.1) is 0 Å². The molecule has 0 aromatic heterocycles. The van der Waals surface area contributed by atoms with Gasteiger partial charge in [-0.3, -0.25) is 0 Å². The number of aryl methyl sites for hydroxylation is 12. The molecule has 12 heteroatoms. The number of hydrogen-bond acceptors (Lipinski definition) is 12. The van der Waals surface area contributed by atoms with Crippen molar-refractivity contribution >= 4 is 0 Å². The predicted octanol–water partition coefficient (Wildman–Crippen LogP) is 27.8. The lowest BCUT2D eigenvalue weighted by molar-refractivity contribution is 0.413. The smallest absolute Gasteiger partial charge is 0.119 e. The van der Waals surface area contributed by atoms with Gasteiger partial charge in [-0.25, -0.2) is 0 Å². The zero-order valence-corrected chi connectivity index (χ0v) is 75.8. The summed E-state index contributed by atoms with van der Waals surface area (Å²) in [5, 5.41) is 136.